The highest BCUT2D eigenvalue weighted by Gasteiger charge is 2.64. The number of carbonyl (C=O) groups excluding carboxylic acids is 4. The minimum atomic E-state index is -1.86. The van der Waals surface area contributed by atoms with Gasteiger partial charge in [-0.2, -0.15) is 11.8 Å². The monoisotopic (exact) mass is 793 g/mol. The number of hydrogen-bond donors (Lipinski definition) is 4. The van der Waals surface area contributed by atoms with Gasteiger partial charge < -0.3 is 39.3 Å². The zero-order valence-electron chi connectivity index (χ0n) is 32.7. The molecule has 8 atom stereocenters. The molecule has 3 amide bonds. The van der Waals surface area contributed by atoms with Gasteiger partial charge >= 0.3 is 12.1 Å². The molecule has 0 aromatic heterocycles. The van der Waals surface area contributed by atoms with Crippen LogP contribution in [0.15, 0.2) is 35.9 Å². The number of benzene rings is 1. The summed E-state index contributed by atoms with van der Waals surface area (Å²) in [6.07, 6.45) is 4.31. The fraction of sp³-hybridized carbons (Fsp3) is 0.641. The Hall–Kier alpha value is -3.14. The number of rotatable bonds is 9. The molecule has 1 aromatic rings. The summed E-state index contributed by atoms with van der Waals surface area (Å²) in [6.45, 7) is 10.2. The lowest BCUT2D eigenvalue weighted by molar-refractivity contribution is -0.162. The van der Waals surface area contributed by atoms with Crippen molar-refractivity contribution in [1.29, 1.82) is 0 Å². The van der Waals surface area contributed by atoms with Crippen LogP contribution in [0.5, 0.6) is 0 Å². The maximum atomic E-state index is 14.1. The molecular formula is C39H56ClN3O10S. The van der Waals surface area contributed by atoms with Gasteiger partial charge in [-0.1, -0.05) is 62.2 Å². The van der Waals surface area contributed by atoms with E-state index in [1.54, 1.807) is 63.9 Å². The second-order valence-corrected chi connectivity index (χ2v) is 17.5. The van der Waals surface area contributed by atoms with E-state index in [2.05, 4.69) is 5.32 Å². The molecule has 3 aliphatic rings. The summed E-state index contributed by atoms with van der Waals surface area (Å²) in [6, 6.07) is 2.52. The van der Waals surface area contributed by atoms with Crippen molar-refractivity contribution in [2.45, 2.75) is 121 Å². The van der Waals surface area contributed by atoms with E-state index in [0.29, 0.717) is 24.1 Å². The van der Waals surface area contributed by atoms with Crippen molar-refractivity contribution in [3.05, 3.63) is 52.1 Å². The third-order valence-electron chi connectivity index (χ3n) is 11.2. The Morgan fingerprint density at radius 2 is 1.94 bits per heavy atom. The molecule has 3 aliphatic heterocycles. The largest absolute Gasteiger partial charge is 0.457 e. The van der Waals surface area contributed by atoms with Gasteiger partial charge in [0.15, 0.2) is 5.72 Å². The number of ether oxygens (including phenoxy) is 3. The number of nitrogens with one attached hydrogen (secondary N) is 1. The number of esters is 1. The quantitative estimate of drug-likeness (QED) is 0.204. The highest BCUT2D eigenvalue weighted by atomic mass is 35.5. The van der Waals surface area contributed by atoms with Gasteiger partial charge in [-0.15, -0.1) is 0 Å². The van der Waals surface area contributed by atoms with E-state index in [4.69, 9.17) is 25.8 Å². The Balaban J connectivity index is 1.73. The van der Waals surface area contributed by atoms with Crippen LogP contribution in [0.3, 0.4) is 0 Å². The van der Waals surface area contributed by atoms with Crippen molar-refractivity contribution in [3.63, 3.8) is 0 Å². The fourth-order valence-corrected chi connectivity index (χ4v) is 7.59. The highest BCUT2D eigenvalue weighted by molar-refractivity contribution is 7.99. The standard InChI is InChI=1S/C39H56ClN3O10S/c1-22-11-10-12-27(21-45)39(50)19-29(51-36(49)41-39)23(2)34-38(6,53-34)30(52-35(48)24(3)42(7)31(46)13-14-37(4,5)54-9)18-32(47)43(8)28-17-25(15-22)16-26(20-44)33(28)40/h10-12,16-17,23-24,27,29-30,34,44-45,50H,13-15,18-21H2,1-9H3,(H,41,49)/b12-10+,22-11+/t23-,24+,27+,29+,30+,34+,38+,39+/m1/s1. The van der Waals surface area contributed by atoms with Crippen molar-refractivity contribution >= 4 is 52.9 Å². The Bertz CT molecular complexity index is 1650. The summed E-state index contributed by atoms with van der Waals surface area (Å²) in [7, 11) is 3.09. The summed E-state index contributed by atoms with van der Waals surface area (Å²) < 4.78 is 17.9. The lowest BCUT2D eigenvalue weighted by Gasteiger charge is -2.42. The molecule has 3 heterocycles. The highest BCUT2D eigenvalue weighted by Crippen LogP contribution is 2.49. The summed E-state index contributed by atoms with van der Waals surface area (Å²) >= 11 is 8.38. The fourth-order valence-electron chi connectivity index (χ4n) is 6.99. The summed E-state index contributed by atoms with van der Waals surface area (Å²) in [5.41, 5.74) is -0.703. The number of alkyl carbamates (subject to hydrolysis) is 1. The molecule has 0 radical (unpaired) electrons. The average molecular weight is 794 g/mol. The number of amides is 3. The first-order valence-corrected chi connectivity index (χ1v) is 19.8. The van der Waals surface area contributed by atoms with Gasteiger partial charge in [0.25, 0.3) is 0 Å². The molecule has 0 spiro atoms. The van der Waals surface area contributed by atoms with Crippen molar-refractivity contribution in [3.8, 4) is 0 Å². The van der Waals surface area contributed by atoms with Crippen LogP contribution in [0.1, 0.15) is 78.4 Å². The smallest absolute Gasteiger partial charge is 0.409 e. The number of aliphatic hydroxyl groups excluding tert-OH is 2. The number of halogens is 1. The summed E-state index contributed by atoms with van der Waals surface area (Å²) in [5.74, 6) is -2.88. The zero-order valence-corrected chi connectivity index (χ0v) is 34.3. The topological polar surface area (TPSA) is 178 Å². The number of hydrogen-bond acceptors (Lipinski definition) is 11. The lowest BCUT2D eigenvalue weighted by atomic mass is 9.81. The minimum Gasteiger partial charge on any atom is -0.457 e. The molecule has 0 aliphatic carbocycles. The van der Waals surface area contributed by atoms with Crippen LogP contribution in [0, 0.1) is 11.8 Å². The number of nitrogens with zero attached hydrogens (tertiary/aromatic N) is 2. The molecular weight excluding hydrogens is 738 g/mol. The third-order valence-corrected chi connectivity index (χ3v) is 13.0. The van der Waals surface area contributed by atoms with Crippen LogP contribution in [-0.4, -0.2) is 111 Å². The molecule has 2 saturated heterocycles. The van der Waals surface area contributed by atoms with E-state index in [1.807, 2.05) is 33.1 Å². The van der Waals surface area contributed by atoms with Gasteiger partial charge in [-0.3, -0.25) is 14.9 Å². The van der Waals surface area contributed by atoms with Gasteiger partial charge in [-0.25, -0.2) is 9.59 Å². The number of allylic oxidation sites excluding steroid dienone is 3. The van der Waals surface area contributed by atoms with Gasteiger partial charge in [-0.05, 0) is 57.1 Å². The molecule has 13 nitrogen and oxygen atoms in total. The number of epoxide rings is 1. The Kier molecular flexibility index (Phi) is 14.0. The molecule has 2 fully saturated rings. The van der Waals surface area contributed by atoms with Crippen LogP contribution >= 0.6 is 23.4 Å². The maximum Gasteiger partial charge on any atom is 0.409 e. The van der Waals surface area contributed by atoms with Gasteiger partial charge in [0.05, 0.1) is 36.4 Å². The Morgan fingerprint density at radius 1 is 1.26 bits per heavy atom. The molecule has 0 unspecified atom stereocenters. The van der Waals surface area contributed by atoms with Crippen LogP contribution in [0.4, 0.5) is 10.5 Å². The number of anilines is 1. The van der Waals surface area contributed by atoms with E-state index < -0.39 is 72.1 Å². The second kappa shape index (κ2) is 17.3. The number of likely N-dealkylation sites (N-methyl/N-ethyl adjacent to an activating group) is 1. The normalized spacial score (nSPS) is 31.2. The van der Waals surface area contributed by atoms with Gasteiger partial charge in [0.2, 0.25) is 11.8 Å². The Labute approximate surface area is 327 Å². The second-order valence-electron chi connectivity index (χ2n) is 15.6. The number of fused-ring (bicyclic) bond motifs is 5. The Morgan fingerprint density at radius 3 is 2.57 bits per heavy atom. The predicted molar refractivity (Wildman–Crippen MR) is 207 cm³/mol. The first-order chi connectivity index (χ1) is 25.2. The molecule has 15 heteroatoms. The third kappa shape index (κ3) is 9.80. The predicted octanol–water partition coefficient (Wildman–Crippen LogP) is 4.51. The van der Waals surface area contributed by atoms with Crippen LogP contribution in [0.2, 0.25) is 5.02 Å². The van der Waals surface area contributed by atoms with E-state index in [0.717, 1.165) is 11.1 Å². The maximum absolute atomic E-state index is 14.1. The van der Waals surface area contributed by atoms with Crippen molar-refractivity contribution in [1.82, 2.24) is 10.2 Å². The van der Waals surface area contributed by atoms with Gasteiger partial charge in [0, 0.05) is 43.5 Å². The molecule has 4 bridgehead atoms. The number of carbonyl (C=O) groups is 4. The molecule has 4 rings (SSSR count). The minimum absolute atomic E-state index is 0.0915. The molecule has 4 N–H and O–H groups in total. The van der Waals surface area contributed by atoms with E-state index in [-0.39, 0.29) is 41.5 Å². The lowest BCUT2D eigenvalue weighted by Crippen LogP contribution is -2.62. The molecule has 0 saturated carbocycles. The number of aliphatic hydroxyl groups is 3. The van der Waals surface area contributed by atoms with Crippen LogP contribution in [-0.2, 0) is 41.6 Å². The van der Waals surface area contributed by atoms with E-state index >= 15 is 0 Å². The van der Waals surface area contributed by atoms with Crippen molar-refractivity contribution in [2.75, 3.05) is 31.9 Å². The molecule has 1 aromatic carbocycles. The van der Waals surface area contributed by atoms with Gasteiger partial charge in [0.1, 0.15) is 23.9 Å². The number of thioether (sulfide) groups is 1. The van der Waals surface area contributed by atoms with Crippen molar-refractivity contribution in [2.24, 2.45) is 11.8 Å². The van der Waals surface area contributed by atoms with Crippen LogP contribution < -0.4 is 10.2 Å². The van der Waals surface area contributed by atoms with E-state index in [9.17, 15) is 34.5 Å². The van der Waals surface area contributed by atoms with E-state index in [1.165, 1.54) is 16.8 Å². The van der Waals surface area contributed by atoms with Crippen molar-refractivity contribution < 1.29 is 48.7 Å². The van der Waals surface area contributed by atoms with Crippen LogP contribution in [0.25, 0.3) is 0 Å². The zero-order chi connectivity index (χ0) is 40.3. The summed E-state index contributed by atoms with van der Waals surface area (Å²) in [4.78, 5) is 56.6. The average Bonchev–Trinajstić information content (AvgIpc) is 3.82. The summed E-state index contributed by atoms with van der Waals surface area (Å²) in [5, 5.41) is 34.8. The molecule has 54 heavy (non-hydrogen) atoms. The molecule has 300 valence electrons. The first-order valence-electron chi connectivity index (χ1n) is 18.2. The SMILES string of the molecule is CSC(C)(C)CCC(=O)N(C)[C@@H](C)C(=O)O[C@H]1CC(=O)N(C)c2cc(cc(CO)c2Cl)C/C(C)=C/C=C/[C@@H](CO)[C@@]2(O)C[C@H](OC(=O)N2)[C@@H](C)[C@@H]2O[C@@]12C. The first kappa shape index (κ1) is 43.6.